The first-order chi connectivity index (χ1) is 16.4. The lowest BCUT2D eigenvalue weighted by Gasteiger charge is -2.38. The van der Waals surface area contributed by atoms with Crippen molar-refractivity contribution in [2.45, 2.75) is 32.3 Å². The van der Waals surface area contributed by atoms with Gasteiger partial charge in [-0.1, -0.05) is 35.9 Å². The molecule has 1 heterocycles. The molecule has 34 heavy (non-hydrogen) atoms. The van der Waals surface area contributed by atoms with E-state index in [1.807, 2.05) is 55.5 Å². The Bertz CT molecular complexity index is 948. The number of nitrogens with zero attached hydrogens (tertiary/aromatic N) is 2. The molecule has 0 aromatic heterocycles. The fourth-order valence-electron chi connectivity index (χ4n) is 4.22. The molecule has 184 valence electrons. The van der Waals surface area contributed by atoms with Crippen molar-refractivity contribution in [1.29, 1.82) is 0 Å². The summed E-state index contributed by atoms with van der Waals surface area (Å²) < 4.78 is 5.45. The van der Waals surface area contributed by atoms with Gasteiger partial charge in [0.05, 0.1) is 23.2 Å². The van der Waals surface area contributed by atoms with Gasteiger partial charge in [0.25, 0.3) is 5.91 Å². The number of carbonyl (C=O) groups excluding carboxylic acids is 2. The number of hydrogen-bond donors (Lipinski definition) is 3. The van der Waals surface area contributed by atoms with Gasteiger partial charge in [0.1, 0.15) is 11.9 Å². The van der Waals surface area contributed by atoms with Gasteiger partial charge in [-0.2, -0.15) is 0 Å². The highest BCUT2D eigenvalue weighted by molar-refractivity contribution is 6.33. The summed E-state index contributed by atoms with van der Waals surface area (Å²) in [5.41, 5.74) is 3.46. The summed E-state index contributed by atoms with van der Waals surface area (Å²) in [4.78, 5) is 29.0. The number of para-hydroxylation sites is 1. The van der Waals surface area contributed by atoms with Crippen molar-refractivity contribution < 1.29 is 24.6 Å². The molecule has 1 saturated heterocycles. The van der Waals surface area contributed by atoms with E-state index in [0.717, 1.165) is 17.0 Å². The number of halogens is 1. The predicted octanol–water partition coefficient (Wildman–Crippen LogP) is 2.89. The second-order valence-corrected chi connectivity index (χ2v) is 8.67. The van der Waals surface area contributed by atoms with Crippen molar-refractivity contribution in [3.05, 3.63) is 59.1 Å². The fourth-order valence-corrected chi connectivity index (χ4v) is 4.48. The van der Waals surface area contributed by atoms with Crippen LogP contribution in [0, 0.1) is 5.92 Å². The number of amides is 2. The van der Waals surface area contributed by atoms with Crippen LogP contribution in [0.2, 0.25) is 5.02 Å². The maximum absolute atomic E-state index is 13.3. The summed E-state index contributed by atoms with van der Waals surface area (Å²) in [6, 6.07) is 15.3. The Morgan fingerprint density at radius 2 is 1.76 bits per heavy atom. The highest BCUT2D eigenvalue weighted by atomic mass is 35.5. The number of rotatable bonds is 10. The molecule has 2 aromatic rings. The Morgan fingerprint density at radius 3 is 2.38 bits per heavy atom. The van der Waals surface area contributed by atoms with Gasteiger partial charge in [-0.25, -0.2) is 5.48 Å². The van der Waals surface area contributed by atoms with Crippen molar-refractivity contribution in [3.8, 4) is 5.75 Å². The van der Waals surface area contributed by atoms with Crippen molar-refractivity contribution in [2.75, 3.05) is 37.7 Å². The van der Waals surface area contributed by atoms with Crippen LogP contribution in [0.25, 0.3) is 0 Å². The molecule has 8 nitrogen and oxygen atoms in total. The van der Waals surface area contributed by atoms with E-state index in [-0.39, 0.29) is 5.91 Å². The van der Waals surface area contributed by atoms with Crippen molar-refractivity contribution in [2.24, 2.45) is 5.92 Å². The SMILES string of the molecule is CCOc1ccc(CCC[C@@H](C(=O)N2CCN(c3ccccc3Cl)CC2)[C@H](O)C(=O)NO)cc1. The minimum atomic E-state index is -1.63. The third kappa shape index (κ3) is 6.62. The number of hydroxylamine groups is 1. The van der Waals surface area contributed by atoms with Gasteiger partial charge in [-0.3, -0.25) is 14.8 Å². The lowest BCUT2D eigenvalue weighted by atomic mass is 9.92. The molecule has 0 spiro atoms. The van der Waals surface area contributed by atoms with Gasteiger partial charge in [-0.15, -0.1) is 0 Å². The first-order valence-electron chi connectivity index (χ1n) is 11.6. The Hall–Kier alpha value is -2.81. The summed E-state index contributed by atoms with van der Waals surface area (Å²) in [5.74, 6) is -1.41. The molecular weight excluding hydrogens is 458 g/mol. The largest absolute Gasteiger partial charge is 0.494 e. The normalized spacial score (nSPS) is 15.5. The average molecular weight is 490 g/mol. The second kappa shape index (κ2) is 12.6. The van der Waals surface area contributed by atoms with Crippen molar-refractivity contribution in [3.63, 3.8) is 0 Å². The number of aryl methyl sites for hydroxylation is 1. The predicted molar refractivity (Wildman–Crippen MR) is 130 cm³/mol. The Morgan fingerprint density at radius 1 is 1.09 bits per heavy atom. The molecule has 2 atom stereocenters. The molecule has 0 saturated carbocycles. The highest BCUT2D eigenvalue weighted by Crippen LogP contribution is 2.27. The lowest BCUT2D eigenvalue weighted by molar-refractivity contribution is -0.150. The van der Waals surface area contributed by atoms with Gasteiger partial charge >= 0.3 is 0 Å². The van der Waals surface area contributed by atoms with Crippen LogP contribution in [-0.2, 0) is 16.0 Å². The summed E-state index contributed by atoms with van der Waals surface area (Å²) >= 11 is 6.30. The Balaban J connectivity index is 1.60. The first-order valence-corrected chi connectivity index (χ1v) is 11.9. The van der Waals surface area contributed by atoms with E-state index in [0.29, 0.717) is 57.1 Å². The number of hydrogen-bond acceptors (Lipinski definition) is 6. The third-order valence-electron chi connectivity index (χ3n) is 6.08. The molecule has 3 rings (SSSR count). The second-order valence-electron chi connectivity index (χ2n) is 8.26. The van der Waals surface area contributed by atoms with Crippen molar-refractivity contribution >= 4 is 29.1 Å². The molecule has 1 fully saturated rings. The minimum Gasteiger partial charge on any atom is -0.494 e. The van der Waals surface area contributed by atoms with E-state index >= 15 is 0 Å². The molecule has 0 radical (unpaired) electrons. The van der Waals surface area contributed by atoms with E-state index in [1.54, 1.807) is 4.90 Å². The molecule has 3 N–H and O–H groups in total. The molecule has 0 bridgehead atoms. The number of aliphatic hydroxyl groups is 1. The monoisotopic (exact) mass is 489 g/mol. The number of carbonyl (C=O) groups is 2. The molecule has 2 aromatic carbocycles. The molecular formula is C25H32ClN3O5. The molecule has 9 heteroatoms. The molecule has 0 unspecified atom stereocenters. The molecule has 1 aliphatic rings. The summed E-state index contributed by atoms with van der Waals surface area (Å²) in [6.45, 7) is 4.61. The average Bonchev–Trinajstić information content (AvgIpc) is 2.87. The van der Waals surface area contributed by atoms with Crippen LogP contribution < -0.4 is 15.1 Å². The van der Waals surface area contributed by atoms with Crippen molar-refractivity contribution in [1.82, 2.24) is 10.4 Å². The van der Waals surface area contributed by atoms with Gasteiger partial charge in [-0.05, 0) is 56.0 Å². The van der Waals surface area contributed by atoms with E-state index < -0.39 is 17.9 Å². The Labute approximate surface area is 205 Å². The number of nitrogens with one attached hydrogen (secondary N) is 1. The zero-order valence-corrected chi connectivity index (χ0v) is 20.1. The maximum Gasteiger partial charge on any atom is 0.272 e. The minimum absolute atomic E-state index is 0.290. The zero-order valence-electron chi connectivity index (χ0n) is 19.3. The van der Waals surface area contributed by atoms with E-state index in [4.69, 9.17) is 21.5 Å². The van der Waals surface area contributed by atoms with Crippen LogP contribution in [0.1, 0.15) is 25.3 Å². The zero-order chi connectivity index (χ0) is 24.5. The molecule has 1 aliphatic heterocycles. The van der Waals surface area contributed by atoms with Gasteiger partial charge < -0.3 is 19.6 Å². The summed E-state index contributed by atoms with van der Waals surface area (Å²) in [7, 11) is 0. The topological polar surface area (TPSA) is 102 Å². The number of aliphatic hydroxyl groups excluding tert-OH is 1. The van der Waals surface area contributed by atoms with E-state index in [1.165, 1.54) is 5.48 Å². The molecule has 2 amide bonds. The van der Waals surface area contributed by atoms with Crippen LogP contribution >= 0.6 is 11.6 Å². The van der Waals surface area contributed by atoms with Crippen LogP contribution in [0.4, 0.5) is 5.69 Å². The number of benzene rings is 2. The lowest BCUT2D eigenvalue weighted by Crippen LogP contribution is -2.53. The van der Waals surface area contributed by atoms with E-state index in [2.05, 4.69) is 4.90 Å². The number of ether oxygens (including phenoxy) is 1. The van der Waals surface area contributed by atoms with E-state index in [9.17, 15) is 14.7 Å². The van der Waals surface area contributed by atoms with Crippen LogP contribution in [0.15, 0.2) is 48.5 Å². The van der Waals surface area contributed by atoms with Gasteiger partial charge in [0, 0.05) is 26.2 Å². The molecule has 0 aliphatic carbocycles. The van der Waals surface area contributed by atoms with Crippen LogP contribution in [0.3, 0.4) is 0 Å². The fraction of sp³-hybridized carbons (Fsp3) is 0.440. The quantitative estimate of drug-likeness (QED) is 0.350. The Kier molecular flexibility index (Phi) is 9.56. The first kappa shape index (κ1) is 25.8. The number of piperazine rings is 1. The standard InChI is InChI=1S/C25H32ClN3O5/c1-2-34-19-12-10-18(11-13-19)6-5-7-20(23(30)24(31)27-33)25(32)29-16-14-28(15-17-29)22-9-4-3-8-21(22)26/h3-4,8-13,20,23,30,33H,2,5-7,14-17H2,1H3,(H,27,31)/t20-,23+/m1/s1. The van der Waals surface area contributed by atoms with Gasteiger partial charge in [0.15, 0.2) is 0 Å². The summed E-state index contributed by atoms with van der Waals surface area (Å²) in [5, 5.41) is 20.1. The smallest absolute Gasteiger partial charge is 0.272 e. The highest BCUT2D eigenvalue weighted by Gasteiger charge is 2.35. The van der Waals surface area contributed by atoms with Gasteiger partial charge in [0.2, 0.25) is 5.91 Å². The van der Waals surface area contributed by atoms with Crippen LogP contribution in [-0.4, -0.2) is 65.9 Å². The summed E-state index contributed by atoms with van der Waals surface area (Å²) in [6.07, 6.45) is -0.0332. The third-order valence-corrected chi connectivity index (χ3v) is 6.40. The van der Waals surface area contributed by atoms with Crippen LogP contribution in [0.5, 0.6) is 5.75 Å². The maximum atomic E-state index is 13.3. The number of anilines is 1.